The lowest BCUT2D eigenvalue weighted by Crippen LogP contribution is -2.35. The molecule has 2 nitrogen and oxygen atoms in total. The van der Waals surface area contributed by atoms with Crippen LogP contribution in [0.3, 0.4) is 0 Å². The van der Waals surface area contributed by atoms with Crippen LogP contribution >= 0.6 is 0 Å². The van der Waals surface area contributed by atoms with Gasteiger partial charge in [-0.15, -0.1) is 6.58 Å². The molecule has 0 aliphatic carbocycles. The molecule has 1 atom stereocenters. The van der Waals surface area contributed by atoms with Gasteiger partial charge in [-0.2, -0.15) is 8.78 Å². The molecule has 0 aliphatic rings. The molecule has 0 amide bonds. The molecule has 0 fully saturated rings. The molecule has 1 aromatic rings. The summed E-state index contributed by atoms with van der Waals surface area (Å²) in [5.74, 6) is -5.12. The number of ketones is 1. The number of aliphatic hydroxyl groups is 1. The zero-order valence-corrected chi connectivity index (χ0v) is 9.49. The van der Waals surface area contributed by atoms with Crippen LogP contribution in [0, 0.1) is 6.92 Å². The molecular formula is C13H14F2O2. The summed E-state index contributed by atoms with van der Waals surface area (Å²) in [7, 11) is 0. The Bertz CT molecular complexity index is 427. The number of hydrogen-bond acceptors (Lipinski definition) is 2. The van der Waals surface area contributed by atoms with Crippen molar-refractivity contribution in [2.24, 2.45) is 0 Å². The Hall–Kier alpha value is -1.55. The Morgan fingerprint density at radius 2 is 2.12 bits per heavy atom. The van der Waals surface area contributed by atoms with Gasteiger partial charge in [-0.05, 0) is 18.1 Å². The van der Waals surface area contributed by atoms with Gasteiger partial charge < -0.3 is 5.11 Å². The number of benzene rings is 1. The first kappa shape index (κ1) is 13.5. The first-order chi connectivity index (χ1) is 7.91. The van der Waals surface area contributed by atoms with Crippen molar-refractivity contribution < 1.29 is 18.7 Å². The fourth-order valence-electron chi connectivity index (χ4n) is 1.51. The maximum absolute atomic E-state index is 13.6. The quantitative estimate of drug-likeness (QED) is 0.803. The van der Waals surface area contributed by atoms with E-state index >= 15 is 0 Å². The van der Waals surface area contributed by atoms with Gasteiger partial charge in [0.1, 0.15) is 0 Å². The van der Waals surface area contributed by atoms with Crippen LogP contribution in [0.4, 0.5) is 8.78 Å². The highest BCUT2D eigenvalue weighted by Crippen LogP contribution is 2.34. The molecule has 0 heterocycles. The van der Waals surface area contributed by atoms with E-state index in [9.17, 15) is 18.7 Å². The molecule has 0 saturated heterocycles. The van der Waals surface area contributed by atoms with Gasteiger partial charge in [-0.1, -0.05) is 30.3 Å². The second-order valence-corrected chi connectivity index (χ2v) is 3.80. The molecule has 0 radical (unpaired) electrons. The molecule has 0 saturated carbocycles. The minimum atomic E-state index is -3.79. The first-order valence-corrected chi connectivity index (χ1v) is 5.17. The summed E-state index contributed by atoms with van der Waals surface area (Å²) in [5.41, 5.74) is 0.584. The highest BCUT2D eigenvalue weighted by atomic mass is 19.3. The summed E-state index contributed by atoms with van der Waals surface area (Å²) < 4.78 is 27.2. The molecule has 92 valence electrons. The molecule has 0 aliphatic heterocycles. The zero-order valence-electron chi connectivity index (χ0n) is 9.49. The van der Waals surface area contributed by atoms with Crippen LogP contribution in [-0.2, 0) is 4.79 Å². The molecule has 1 rings (SSSR count). The van der Waals surface area contributed by atoms with Crippen LogP contribution in [0.1, 0.15) is 23.7 Å². The molecular weight excluding hydrogens is 226 g/mol. The molecule has 4 heteroatoms. The summed E-state index contributed by atoms with van der Waals surface area (Å²) in [6.07, 6.45) is -1.48. The van der Waals surface area contributed by atoms with Crippen molar-refractivity contribution in [1.82, 2.24) is 0 Å². The number of hydrogen-bond donors (Lipinski definition) is 1. The maximum Gasteiger partial charge on any atom is 0.334 e. The first-order valence-electron chi connectivity index (χ1n) is 5.17. The monoisotopic (exact) mass is 240 g/mol. The second kappa shape index (κ2) is 5.19. The van der Waals surface area contributed by atoms with E-state index in [1.807, 2.05) is 0 Å². The van der Waals surface area contributed by atoms with E-state index in [-0.39, 0.29) is 5.56 Å². The molecule has 0 bridgehead atoms. The standard InChI is InChI=1S/C13H14F2O2/c1-3-6-11(16)13(14,15)12(17)10-8-5-4-7-9(10)2/h3-5,7-8,12,17H,1,6H2,2H3. The molecule has 0 spiro atoms. The number of halogens is 2. The van der Waals surface area contributed by atoms with Crippen LogP contribution in [0.2, 0.25) is 0 Å². The van der Waals surface area contributed by atoms with E-state index in [2.05, 4.69) is 6.58 Å². The van der Waals surface area contributed by atoms with Crippen LogP contribution in [0.15, 0.2) is 36.9 Å². The van der Waals surface area contributed by atoms with Crippen molar-refractivity contribution in [1.29, 1.82) is 0 Å². The van der Waals surface area contributed by atoms with Gasteiger partial charge in [0.05, 0.1) is 0 Å². The van der Waals surface area contributed by atoms with Gasteiger partial charge in [0.15, 0.2) is 6.10 Å². The predicted molar refractivity (Wildman–Crippen MR) is 60.9 cm³/mol. The number of Topliss-reactive ketones (excluding diaryl/α,β-unsaturated/α-hetero) is 1. The third-order valence-corrected chi connectivity index (χ3v) is 2.53. The normalized spacial score (nSPS) is 13.2. The highest BCUT2D eigenvalue weighted by molar-refractivity contribution is 5.87. The Labute approximate surface area is 98.6 Å². The highest BCUT2D eigenvalue weighted by Gasteiger charge is 2.46. The second-order valence-electron chi connectivity index (χ2n) is 3.80. The van der Waals surface area contributed by atoms with E-state index < -0.39 is 24.2 Å². The third-order valence-electron chi connectivity index (χ3n) is 2.53. The molecule has 1 unspecified atom stereocenters. The van der Waals surface area contributed by atoms with Gasteiger partial charge in [0, 0.05) is 6.42 Å². The minimum Gasteiger partial charge on any atom is -0.382 e. The molecule has 1 N–H and O–H groups in total. The maximum atomic E-state index is 13.6. The predicted octanol–water partition coefficient (Wildman–Crippen LogP) is 2.81. The minimum absolute atomic E-state index is 0.0647. The summed E-state index contributed by atoms with van der Waals surface area (Å²) in [6, 6.07) is 6.20. The van der Waals surface area contributed by atoms with E-state index in [4.69, 9.17) is 0 Å². The molecule has 0 aromatic heterocycles. The third kappa shape index (κ3) is 2.77. The van der Waals surface area contributed by atoms with E-state index in [1.165, 1.54) is 6.07 Å². The fraction of sp³-hybridized carbons (Fsp3) is 0.308. The van der Waals surface area contributed by atoms with Gasteiger partial charge in [0.2, 0.25) is 5.78 Å². The largest absolute Gasteiger partial charge is 0.382 e. The summed E-state index contributed by atoms with van der Waals surface area (Å²) in [5, 5.41) is 9.62. The zero-order chi connectivity index (χ0) is 13.1. The Morgan fingerprint density at radius 1 is 1.53 bits per heavy atom. The fourth-order valence-corrected chi connectivity index (χ4v) is 1.51. The lowest BCUT2D eigenvalue weighted by molar-refractivity contribution is -0.160. The van der Waals surface area contributed by atoms with Crippen molar-refractivity contribution in [3.05, 3.63) is 48.0 Å². The number of rotatable bonds is 5. The van der Waals surface area contributed by atoms with Gasteiger partial charge in [-0.25, -0.2) is 0 Å². The van der Waals surface area contributed by atoms with Crippen LogP contribution in [0.25, 0.3) is 0 Å². The van der Waals surface area contributed by atoms with Crippen LogP contribution < -0.4 is 0 Å². The van der Waals surface area contributed by atoms with Gasteiger partial charge >= 0.3 is 5.92 Å². The van der Waals surface area contributed by atoms with E-state index in [0.29, 0.717) is 5.56 Å². The van der Waals surface area contributed by atoms with Crippen LogP contribution in [-0.4, -0.2) is 16.8 Å². The van der Waals surface area contributed by atoms with E-state index in [0.717, 1.165) is 6.08 Å². The van der Waals surface area contributed by atoms with Crippen molar-refractivity contribution in [3.8, 4) is 0 Å². The topological polar surface area (TPSA) is 37.3 Å². The number of alkyl halides is 2. The summed E-state index contributed by atoms with van der Waals surface area (Å²) in [4.78, 5) is 11.2. The Kier molecular flexibility index (Phi) is 4.12. The summed E-state index contributed by atoms with van der Waals surface area (Å²) in [6.45, 7) is 4.83. The van der Waals surface area contributed by atoms with Crippen LogP contribution in [0.5, 0.6) is 0 Å². The van der Waals surface area contributed by atoms with Crippen molar-refractivity contribution in [3.63, 3.8) is 0 Å². The number of carbonyl (C=O) groups excluding carboxylic acids is 1. The number of allylic oxidation sites excluding steroid dienone is 1. The molecule has 17 heavy (non-hydrogen) atoms. The van der Waals surface area contributed by atoms with Crippen molar-refractivity contribution in [2.75, 3.05) is 0 Å². The number of aryl methyl sites for hydroxylation is 1. The SMILES string of the molecule is C=CCC(=O)C(F)(F)C(O)c1ccccc1C. The summed E-state index contributed by atoms with van der Waals surface area (Å²) >= 11 is 0. The smallest absolute Gasteiger partial charge is 0.334 e. The lowest BCUT2D eigenvalue weighted by atomic mass is 9.95. The van der Waals surface area contributed by atoms with Gasteiger partial charge in [0.25, 0.3) is 0 Å². The van der Waals surface area contributed by atoms with Crippen molar-refractivity contribution >= 4 is 5.78 Å². The van der Waals surface area contributed by atoms with E-state index in [1.54, 1.807) is 25.1 Å². The number of aliphatic hydroxyl groups excluding tert-OH is 1. The molecule has 1 aromatic carbocycles. The van der Waals surface area contributed by atoms with Crippen molar-refractivity contribution in [2.45, 2.75) is 25.4 Å². The Morgan fingerprint density at radius 3 is 2.65 bits per heavy atom. The average Bonchev–Trinajstić information content (AvgIpc) is 2.29. The van der Waals surface area contributed by atoms with Gasteiger partial charge in [-0.3, -0.25) is 4.79 Å². The lowest BCUT2D eigenvalue weighted by Gasteiger charge is -2.22. The Balaban J connectivity index is 3.04. The number of carbonyl (C=O) groups is 1. The average molecular weight is 240 g/mol.